The van der Waals surface area contributed by atoms with Crippen molar-refractivity contribution in [3.8, 4) is 11.5 Å². The van der Waals surface area contributed by atoms with Crippen molar-refractivity contribution in [1.82, 2.24) is 9.03 Å². The molecule has 2 N–H and O–H groups in total. The summed E-state index contributed by atoms with van der Waals surface area (Å²) in [6.45, 7) is 0.316. The number of methoxy groups -OCH3 is 2. The number of benzene rings is 1. The Morgan fingerprint density at radius 2 is 2.00 bits per heavy atom. The second-order valence-electron chi connectivity index (χ2n) is 4.40. The van der Waals surface area contributed by atoms with Crippen molar-refractivity contribution < 1.29 is 23.0 Å². The Labute approximate surface area is 125 Å². The van der Waals surface area contributed by atoms with Gasteiger partial charge < -0.3 is 14.6 Å². The maximum atomic E-state index is 12.0. The molecule has 1 rings (SSSR count). The molecule has 0 spiro atoms. The van der Waals surface area contributed by atoms with Crippen LogP contribution in [-0.4, -0.2) is 52.2 Å². The lowest BCUT2D eigenvalue weighted by molar-refractivity contribution is 0.275. The smallest absolute Gasteiger partial charge is 0.279 e. The van der Waals surface area contributed by atoms with Crippen molar-refractivity contribution >= 4 is 10.2 Å². The Morgan fingerprint density at radius 1 is 1.29 bits per heavy atom. The molecule has 0 bridgehead atoms. The molecule has 0 amide bonds. The van der Waals surface area contributed by atoms with E-state index in [2.05, 4.69) is 4.72 Å². The molecule has 0 unspecified atom stereocenters. The lowest BCUT2D eigenvalue weighted by Gasteiger charge is -2.18. The van der Waals surface area contributed by atoms with Gasteiger partial charge in [0.2, 0.25) is 0 Å². The van der Waals surface area contributed by atoms with Gasteiger partial charge in [0.05, 0.1) is 14.2 Å². The van der Waals surface area contributed by atoms with Crippen molar-refractivity contribution in [2.75, 3.05) is 34.4 Å². The Balaban J connectivity index is 2.74. The summed E-state index contributed by atoms with van der Waals surface area (Å²) in [4.78, 5) is 0. The van der Waals surface area contributed by atoms with Gasteiger partial charge in [-0.2, -0.15) is 17.4 Å². The van der Waals surface area contributed by atoms with Crippen molar-refractivity contribution in [1.29, 1.82) is 0 Å². The predicted octanol–water partition coefficient (Wildman–Crippen LogP) is 0.352. The molecule has 0 saturated heterocycles. The van der Waals surface area contributed by atoms with E-state index in [0.717, 1.165) is 0 Å². The predicted molar refractivity (Wildman–Crippen MR) is 79.6 cm³/mol. The molecule has 120 valence electrons. The van der Waals surface area contributed by atoms with E-state index in [1.165, 1.54) is 18.5 Å². The highest BCUT2D eigenvalue weighted by molar-refractivity contribution is 7.87. The third-order valence-electron chi connectivity index (χ3n) is 2.98. The summed E-state index contributed by atoms with van der Waals surface area (Å²) in [5, 5.41) is 8.74. The summed E-state index contributed by atoms with van der Waals surface area (Å²) in [6, 6.07) is 5.18. The second-order valence-corrected chi connectivity index (χ2v) is 6.26. The Morgan fingerprint density at radius 3 is 2.57 bits per heavy atom. The normalized spacial score (nSPS) is 11.7. The fourth-order valence-corrected chi connectivity index (χ4v) is 2.62. The van der Waals surface area contributed by atoms with Crippen LogP contribution in [0.3, 0.4) is 0 Å². The van der Waals surface area contributed by atoms with Crippen LogP contribution >= 0.6 is 0 Å². The third-order valence-corrected chi connectivity index (χ3v) is 4.49. The van der Waals surface area contributed by atoms with Gasteiger partial charge in [0, 0.05) is 38.4 Å². The molecular weight excluding hydrogens is 296 g/mol. The summed E-state index contributed by atoms with van der Waals surface area (Å²) in [5.41, 5.74) is 0.706. The molecule has 0 aliphatic rings. The van der Waals surface area contributed by atoms with E-state index in [4.69, 9.17) is 14.6 Å². The SMILES string of the molecule is COc1ccc(CNS(=O)(=O)N(C)CCCO)c(OC)c1. The maximum Gasteiger partial charge on any atom is 0.279 e. The van der Waals surface area contributed by atoms with Crippen LogP contribution in [0.4, 0.5) is 0 Å². The molecule has 21 heavy (non-hydrogen) atoms. The van der Waals surface area contributed by atoms with Crippen molar-refractivity contribution in [2.45, 2.75) is 13.0 Å². The van der Waals surface area contributed by atoms with Crippen molar-refractivity contribution in [3.05, 3.63) is 23.8 Å². The monoisotopic (exact) mass is 318 g/mol. The highest BCUT2D eigenvalue weighted by atomic mass is 32.2. The molecule has 0 radical (unpaired) electrons. The molecule has 0 saturated carbocycles. The number of aliphatic hydroxyl groups is 1. The standard InChI is InChI=1S/C13H22N2O5S/c1-15(7-4-8-16)21(17,18)14-10-11-5-6-12(19-2)9-13(11)20-3/h5-6,9,14,16H,4,7-8,10H2,1-3H3. The molecule has 1 aromatic rings. The Kier molecular flexibility index (Phi) is 6.90. The van der Waals surface area contributed by atoms with Gasteiger partial charge in [-0.15, -0.1) is 0 Å². The van der Waals surface area contributed by atoms with Crippen molar-refractivity contribution in [3.63, 3.8) is 0 Å². The van der Waals surface area contributed by atoms with E-state index < -0.39 is 10.2 Å². The van der Waals surface area contributed by atoms with Crippen LogP contribution in [0.25, 0.3) is 0 Å². The average molecular weight is 318 g/mol. The molecule has 0 heterocycles. The molecule has 0 aromatic heterocycles. The van der Waals surface area contributed by atoms with Gasteiger partial charge in [-0.3, -0.25) is 0 Å². The van der Waals surface area contributed by atoms with Gasteiger partial charge in [-0.1, -0.05) is 6.07 Å². The number of nitrogens with zero attached hydrogens (tertiary/aromatic N) is 1. The molecule has 0 aliphatic heterocycles. The number of nitrogens with one attached hydrogen (secondary N) is 1. The lowest BCUT2D eigenvalue weighted by Crippen LogP contribution is -2.38. The fourth-order valence-electron chi connectivity index (χ4n) is 1.69. The van der Waals surface area contributed by atoms with Gasteiger partial charge in [-0.25, -0.2) is 0 Å². The summed E-state index contributed by atoms with van der Waals surface area (Å²) in [6.07, 6.45) is 0.392. The highest BCUT2D eigenvalue weighted by Gasteiger charge is 2.17. The highest BCUT2D eigenvalue weighted by Crippen LogP contribution is 2.24. The van der Waals surface area contributed by atoms with Crippen LogP contribution in [-0.2, 0) is 16.8 Å². The Bertz CT molecular complexity index is 547. The first-order chi connectivity index (χ1) is 9.94. The van der Waals surface area contributed by atoms with Crippen LogP contribution in [0.2, 0.25) is 0 Å². The zero-order valence-electron chi connectivity index (χ0n) is 12.5. The first-order valence-corrected chi connectivity index (χ1v) is 7.91. The van der Waals surface area contributed by atoms with Gasteiger partial charge in [0.15, 0.2) is 0 Å². The quantitative estimate of drug-likeness (QED) is 0.686. The van der Waals surface area contributed by atoms with Crippen LogP contribution in [0, 0.1) is 0 Å². The van der Waals surface area contributed by atoms with Crippen LogP contribution in [0.1, 0.15) is 12.0 Å². The molecular formula is C13H22N2O5S. The molecule has 1 aromatic carbocycles. The molecule has 7 nitrogen and oxygen atoms in total. The van der Waals surface area contributed by atoms with Crippen LogP contribution < -0.4 is 14.2 Å². The van der Waals surface area contributed by atoms with Gasteiger partial charge in [0.25, 0.3) is 10.2 Å². The van der Waals surface area contributed by atoms with E-state index in [0.29, 0.717) is 23.5 Å². The second kappa shape index (κ2) is 8.18. The van der Waals surface area contributed by atoms with E-state index in [1.54, 1.807) is 25.3 Å². The summed E-state index contributed by atoms with van der Waals surface area (Å²) in [7, 11) is 0.939. The first-order valence-electron chi connectivity index (χ1n) is 6.47. The molecule has 8 heteroatoms. The average Bonchev–Trinajstić information content (AvgIpc) is 2.50. The number of ether oxygens (including phenoxy) is 2. The number of aliphatic hydroxyl groups excluding tert-OH is 1. The van der Waals surface area contributed by atoms with E-state index in [-0.39, 0.29) is 19.7 Å². The number of hydrogen-bond acceptors (Lipinski definition) is 5. The Hall–Kier alpha value is -1.35. The van der Waals surface area contributed by atoms with Gasteiger partial charge in [-0.05, 0) is 12.5 Å². The van der Waals surface area contributed by atoms with E-state index >= 15 is 0 Å². The zero-order chi connectivity index (χ0) is 15.9. The van der Waals surface area contributed by atoms with Gasteiger partial charge >= 0.3 is 0 Å². The fraction of sp³-hybridized carbons (Fsp3) is 0.538. The van der Waals surface area contributed by atoms with Crippen LogP contribution in [0.5, 0.6) is 11.5 Å². The number of hydrogen-bond donors (Lipinski definition) is 2. The topological polar surface area (TPSA) is 88.1 Å². The summed E-state index contributed by atoms with van der Waals surface area (Å²) < 4.78 is 38.0. The lowest BCUT2D eigenvalue weighted by atomic mass is 10.2. The van der Waals surface area contributed by atoms with Gasteiger partial charge in [0.1, 0.15) is 11.5 Å². The zero-order valence-corrected chi connectivity index (χ0v) is 13.3. The minimum Gasteiger partial charge on any atom is -0.497 e. The molecule has 0 atom stereocenters. The molecule has 0 fully saturated rings. The van der Waals surface area contributed by atoms with E-state index in [1.807, 2.05) is 0 Å². The van der Waals surface area contributed by atoms with Crippen LogP contribution in [0.15, 0.2) is 18.2 Å². The minimum atomic E-state index is -3.59. The first kappa shape index (κ1) is 17.7. The minimum absolute atomic E-state index is 0.0494. The largest absolute Gasteiger partial charge is 0.497 e. The van der Waals surface area contributed by atoms with E-state index in [9.17, 15) is 8.42 Å². The van der Waals surface area contributed by atoms with Crippen molar-refractivity contribution in [2.24, 2.45) is 0 Å². The molecule has 0 aliphatic carbocycles. The third kappa shape index (κ3) is 5.16. The maximum absolute atomic E-state index is 12.0. The summed E-state index contributed by atoms with van der Waals surface area (Å²) in [5.74, 6) is 1.19. The number of rotatable bonds is 9. The summed E-state index contributed by atoms with van der Waals surface area (Å²) >= 11 is 0.